The van der Waals surface area contributed by atoms with E-state index in [0.29, 0.717) is 6.61 Å². The van der Waals surface area contributed by atoms with Gasteiger partial charge < -0.3 is 15.0 Å². The number of rotatable bonds is 2. The number of amides is 1. The highest BCUT2D eigenvalue weighted by atomic mass is 16.5. The van der Waals surface area contributed by atoms with Crippen molar-refractivity contribution in [3.63, 3.8) is 0 Å². The standard InChI is InChI=1S/C16H23N3O2/c1-4-21-15(20)18-12-6-5-11-9-17-7-8-19-10-16(2,3)13(12)14(11)19/h5-6,17H,4,7-10H2,1-3H3,(H,18,20). The number of carbonyl (C=O) groups excluding carboxylic acids is 1. The normalized spacial score (nSPS) is 18.9. The van der Waals surface area contributed by atoms with Crippen LogP contribution in [-0.4, -0.2) is 32.3 Å². The maximum absolute atomic E-state index is 11.8. The molecule has 21 heavy (non-hydrogen) atoms. The first-order valence-electron chi connectivity index (χ1n) is 7.58. The Bertz CT molecular complexity index is 569. The minimum atomic E-state index is -0.380. The zero-order chi connectivity index (χ0) is 15.0. The molecule has 3 rings (SSSR count). The van der Waals surface area contributed by atoms with Crippen LogP contribution in [0.4, 0.5) is 16.2 Å². The number of carbonyl (C=O) groups is 1. The van der Waals surface area contributed by atoms with E-state index in [2.05, 4.69) is 35.4 Å². The van der Waals surface area contributed by atoms with Gasteiger partial charge in [-0.2, -0.15) is 0 Å². The zero-order valence-electron chi connectivity index (χ0n) is 13.0. The van der Waals surface area contributed by atoms with E-state index in [1.54, 1.807) is 0 Å². The van der Waals surface area contributed by atoms with E-state index in [9.17, 15) is 4.79 Å². The third-order valence-corrected chi connectivity index (χ3v) is 4.23. The molecule has 0 aromatic heterocycles. The summed E-state index contributed by atoms with van der Waals surface area (Å²) in [5.41, 5.74) is 4.73. The van der Waals surface area contributed by atoms with Crippen LogP contribution < -0.4 is 15.5 Å². The van der Waals surface area contributed by atoms with E-state index in [0.717, 1.165) is 31.9 Å². The van der Waals surface area contributed by atoms with Crippen LogP contribution in [0.15, 0.2) is 12.1 Å². The summed E-state index contributed by atoms with van der Waals surface area (Å²) in [6.07, 6.45) is -0.380. The van der Waals surface area contributed by atoms with Crippen LogP contribution in [0.5, 0.6) is 0 Å². The lowest BCUT2D eigenvalue weighted by molar-refractivity contribution is 0.168. The van der Waals surface area contributed by atoms with Gasteiger partial charge in [-0.25, -0.2) is 4.79 Å². The number of ether oxygens (including phenoxy) is 1. The number of anilines is 2. The average Bonchev–Trinajstić information content (AvgIpc) is 2.56. The van der Waals surface area contributed by atoms with E-state index in [-0.39, 0.29) is 11.5 Å². The SMILES string of the molecule is CCOC(=O)Nc1ccc2c3c1C(C)(C)CN3CCNC2. The minimum absolute atomic E-state index is 0.0253. The lowest BCUT2D eigenvalue weighted by Gasteiger charge is -2.22. The first-order chi connectivity index (χ1) is 10.0. The maximum Gasteiger partial charge on any atom is 0.411 e. The molecule has 0 unspecified atom stereocenters. The number of hydrogen-bond acceptors (Lipinski definition) is 4. The van der Waals surface area contributed by atoms with Gasteiger partial charge in [0.1, 0.15) is 0 Å². The van der Waals surface area contributed by atoms with Crippen molar-refractivity contribution in [2.45, 2.75) is 32.7 Å². The van der Waals surface area contributed by atoms with Gasteiger partial charge in [-0.1, -0.05) is 19.9 Å². The van der Waals surface area contributed by atoms with Crippen LogP contribution in [0.3, 0.4) is 0 Å². The second-order valence-corrected chi connectivity index (χ2v) is 6.32. The van der Waals surface area contributed by atoms with Gasteiger partial charge in [0.2, 0.25) is 0 Å². The molecule has 0 bridgehead atoms. The summed E-state index contributed by atoms with van der Waals surface area (Å²) in [6, 6.07) is 4.11. The molecular weight excluding hydrogens is 266 g/mol. The molecule has 0 atom stereocenters. The van der Waals surface area contributed by atoms with E-state index in [4.69, 9.17) is 4.74 Å². The second kappa shape index (κ2) is 5.22. The van der Waals surface area contributed by atoms with Crippen molar-refractivity contribution in [2.24, 2.45) is 0 Å². The summed E-state index contributed by atoms with van der Waals surface area (Å²) in [5.74, 6) is 0. The van der Waals surface area contributed by atoms with Gasteiger partial charge >= 0.3 is 6.09 Å². The Morgan fingerprint density at radius 3 is 3.05 bits per heavy atom. The number of nitrogens with one attached hydrogen (secondary N) is 2. The van der Waals surface area contributed by atoms with Crippen LogP contribution in [0, 0.1) is 0 Å². The van der Waals surface area contributed by atoms with Gasteiger partial charge in [0.05, 0.1) is 6.61 Å². The lowest BCUT2D eigenvalue weighted by Crippen LogP contribution is -2.32. The van der Waals surface area contributed by atoms with Crippen molar-refractivity contribution in [1.29, 1.82) is 0 Å². The molecule has 2 heterocycles. The van der Waals surface area contributed by atoms with Gasteiger partial charge in [-0.05, 0) is 18.6 Å². The highest BCUT2D eigenvalue weighted by Gasteiger charge is 2.39. The Labute approximate surface area is 125 Å². The number of nitrogens with zero attached hydrogens (tertiary/aromatic N) is 1. The summed E-state index contributed by atoms with van der Waals surface area (Å²) in [5, 5.41) is 6.36. The molecule has 114 valence electrons. The van der Waals surface area contributed by atoms with E-state index in [1.165, 1.54) is 16.8 Å². The Morgan fingerprint density at radius 1 is 1.48 bits per heavy atom. The van der Waals surface area contributed by atoms with E-state index in [1.807, 2.05) is 13.0 Å². The fraction of sp³-hybridized carbons (Fsp3) is 0.562. The Kier molecular flexibility index (Phi) is 3.53. The lowest BCUT2D eigenvalue weighted by atomic mass is 9.84. The molecule has 1 aromatic rings. The molecule has 5 heteroatoms. The quantitative estimate of drug-likeness (QED) is 0.878. The first kappa shape index (κ1) is 14.2. The Hall–Kier alpha value is -1.75. The van der Waals surface area contributed by atoms with Crippen LogP contribution in [0.1, 0.15) is 31.9 Å². The van der Waals surface area contributed by atoms with Gasteiger partial charge in [0.25, 0.3) is 0 Å². The van der Waals surface area contributed by atoms with Crippen molar-refractivity contribution >= 4 is 17.5 Å². The maximum atomic E-state index is 11.8. The van der Waals surface area contributed by atoms with E-state index >= 15 is 0 Å². The molecule has 1 amide bonds. The molecule has 0 fully saturated rings. The third kappa shape index (κ3) is 2.46. The Balaban J connectivity index is 2.05. The minimum Gasteiger partial charge on any atom is -0.450 e. The highest BCUT2D eigenvalue weighted by molar-refractivity contribution is 5.89. The molecule has 0 aliphatic carbocycles. The summed E-state index contributed by atoms with van der Waals surface area (Å²) < 4.78 is 5.02. The van der Waals surface area contributed by atoms with Crippen molar-refractivity contribution in [1.82, 2.24) is 5.32 Å². The molecule has 2 aliphatic rings. The van der Waals surface area contributed by atoms with Crippen LogP contribution in [-0.2, 0) is 16.7 Å². The summed E-state index contributed by atoms with van der Waals surface area (Å²) in [4.78, 5) is 14.2. The van der Waals surface area contributed by atoms with Gasteiger partial charge in [-0.3, -0.25) is 5.32 Å². The fourth-order valence-electron chi connectivity index (χ4n) is 3.47. The third-order valence-electron chi connectivity index (χ3n) is 4.23. The summed E-state index contributed by atoms with van der Waals surface area (Å²) in [7, 11) is 0. The topological polar surface area (TPSA) is 53.6 Å². The van der Waals surface area contributed by atoms with Crippen LogP contribution in [0.25, 0.3) is 0 Å². The molecule has 0 radical (unpaired) electrons. The van der Waals surface area contributed by atoms with Crippen LogP contribution in [0.2, 0.25) is 0 Å². The van der Waals surface area contributed by atoms with E-state index < -0.39 is 0 Å². The monoisotopic (exact) mass is 289 g/mol. The molecule has 1 aromatic carbocycles. The van der Waals surface area contributed by atoms with Crippen molar-refractivity contribution in [3.8, 4) is 0 Å². The molecule has 0 saturated carbocycles. The van der Waals surface area contributed by atoms with Crippen LogP contribution >= 0.6 is 0 Å². The number of benzene rings is 1. The first-order valence-corrected chi connectivity index (χ1v) is 7.58. The van der Waals surface area contributed by atoms with Crippen molar-refractivity contribution < 1.29 is 9.53 Å². The number of hydrogen-bond donors (Lipinski definition) is 2. The molecule has 5 nitrogen and oxygen atoms in total. The zero-order valence-corrected chi connectivity index (χ0v) is 13.0. The predicted molar refractivity (Wildman–Crippen MR) is 84.0 cm³/mol. The highest BCUT2D eigenvalue weighted by Crippen LogP contribution is 2.47. The smallest absolute Gasteiger partial charge is 0.411 e. The van der Waals surface area contributed by atoms with Gasteiger partial charge in [0, 0.05) is 48.5 Å². The summed E-state index contributed by atoms with van der Waals surface area (Å²) >= 11 is 0. The molecule has 0 saturated heterocycles. The largest absolute Gasteiger partial charge is 0.450 e. The average molecular weight is 289 g/mol. The van der Waals surface area contributed by atoms with Crippen molar-refractivity contribution in [3.05, 3.63) is 23.3 Å². The van der Waals surface area contributed by atoms with Gasteiger partial charge in [0.15, 0.2) is 0 Å². The molecular formula is C16H23N3O2. The Morgan fingerprint density at radius 2 is 2.29 bits per heavy atom. The predicted octanol–water partition coefficient (Wildman–Crippen LogP) is 2.46. The second-order valence-electron chi connectivity index (χ2n) is 6.32. The summed E-state index contributed by atoms with van der Waals surface area (Å²) in [6.45, 7) is 10.5. The molecule has 0 spiro atoms. The van der Waals surface area contributed by atoms with Crippen molar-refractivity contribution in [2.75, 3.05) is 36.5 Å². The fourth-order valence-corrected chi connectivity index (χ4v) is 3.47. The van der Waals surface area contributed by atoms with Gasteiger partial charge in [-0.15, -0.1) is 0 Å². The molecule has 2 N–H and O–H groups in total. The molecule has 2 aliphatic heterocycles.